The second kappa shape index (κ2) is 6.57. The minimum Gasteiger partial charge on any atom is -0.359 e. The minimum absolute atomic E-state index is 0.0163. The van der Waals surface area contributed by atoms with Gasteiger partial charge in [-0.05, 0) is 46.5 Å². The number of rotatable bonds is 6. The summed E-state index contributed by atoms with van der Waals surface area (Å²) in [7, 11) is 0. The van der Waals surface area contributed by atoms with Gasteiger partial charge < -0.3 is 10.2 Å². The van der Waals surface area contributed by atoms with E-state index in [1.165, 1.54) is 4.90 Å². The third-order valence-corrected chi connectivity index (χ3v) is 4.01. The molecule has 1 fully saturated rings. The molecular weight excluding hydrogens is 345 g/mol. The van der Waals surface area contributed by atoms with E-state index in [9.17, 15) is 13.2 Å². The second-order valence-corrected chi connectivity index (χ2v) is 6.65. The Hall–Kier alpha value is -0.750. The first-order valence-corrected chi connectivity index (χ1v) is 7.91. The van der Waals surface area contributed by atoms with Crippen LogP contribution in [0.2, 0.25) is 0 Å². The van der Waals surface area contributed by atoms with Gasteiger partial charge in [-0.3, -0.25) is 0 Å². The third kappa shape index (κ3) is 5.18. The third-order valence-electron chi connectivity index (χ3n) is 3.37. The van der Waals surface area contributed by atoms with Crippen LogP contribution < -0.4 is 10.2 Å². The summed E-state index contributed by atoms with van der Waals surface area (Å²) in [5.74, 6) is 0. The van der Waals surface area contributed by atoms with Crippen LogP contribution in [0.15, 0.2) is 22.7 Å². The number of benzene rings is 1. The molecule has 0 saturated heterocycles. The van der Waals surface area contributed by atoms with Crippen molar-refractivity contribution in [2.75, 3.05) is 11.4 Å². The number of hydrogen-bond acceptors (Lipinski definition) is 2. The molecule has 0 amide bonds. The molecule has 1 aliphatic rings. The van der Waals surface area contributed by atoms with Crippen LogP contribution in [0.4, 0.5) is 18.9 Å². The fourth-order valence-corrected chi connectivity index (χ4v) is 2.86. The van der Waals surface area contributed by atoms with Gasteiger partial charge in [0.05, 0.1) is 5.69 Å². The van der Waals surface area contributed by atoms with Crippen molar-refractivity contribution in [3.63, 3.8) is 0 Å². The Bertz CT molecular complexity index is 484. The quantitative estimate of drug-likeness (QED) is 0.800. The lowest BCUT2D eigenvalue weighted by atomic mass is 10.1. The Kier molecular flexibility index (Phi) is 5.20. The smallest absolute Gasteiger partial charge is 0.359 e. The summed E-state index contributed by atoms with van der Waals surface area (Å²) >= 11 is 3.42. The van der Waals surface area contributed by atoms with E-state index in [-0.39, 0.29) is 6.04 Å². The summed E-state index contributed by atoms with van der Waals surface area (Å²) < 4.78 is 38.9. The van der Waals surface area contributed by atoms with E-state index in [0.29, 0.717) is 18.3 Å². The summed E-state index contributed by atoms with van der Waals surface area (Å²) in [5.41, 5.74) is 1.69. The zero-order valence-corrected chi connectivity index (χ0v) is 13.8. The van der Waals surface area contributed by atoms with Crippen molar-refractivity contribution in [1.82, 2.24) is 5.32 Å². The lowest BCUT2D eigenvalue weighted by Gasteiger charge is -2.27. The lowest BCUT2D eigenvalue weighted by molar-refractivity contribution is -0.120. The van der Waals surface area contributed by atoms with Gasteiger partial charge in [-0.2, -0.15) is 13.2 Å². The fraction of sp³-hybridized carbons (Fsp3) is 0.600. The van der Waals surface area contributed by atoms with Crippen molar-refractivity contribution in [3.05, 3.63) is 28.2 Å². The van der Waals surface area contributed by atoms with E-state index < -0.39 is 12.7 Å². The molecule has 2 nitrogen and oxygen atoms in total. The maximum absolute atomic E-state index is 12.7. The van der Waals surface area contributed by atoms with Gasteiger partial charge in [0.15, 0.2) is 0 Å². The van der Waals surface area contributed by atoms with Gasteiger partial charge >= 0.3 is 6.18 Å². The molecule has 1 aliphatic carbocycles. The Labute approximate surface area is 131 Å². The average Bonchev–Trinajstić information content (AvgIpc) is 3.17. The van der Waals surface area contributed by atoms with Crippen molar-refractivity contribution in [1.29, 1.82) is 0 Å². The summed E-state index contributed by atoms with van der Waals surface area (Å²) in [6.45, 7) is 3.93. The molecule has 6 heteroatoms. The second-order valence-electron chi connectivity index (χ2n) is 5.80. The number of nitrogens with one attached hydrogen (secondary N) is 1. The van der Waals surface area contributed by atoms with E-state index in [4.69, 9.17) is 0 Å². The first-order valence-electron chi connectivity index (χ1n) is 7.11. The van der Waals surface area contributed by atoms with Gasteiger partial charge in [-0.1, -0.05) is 19.9 Å². The van der Waals surface area contributed by atoms with Crippen LogP contribution in [0, 0.1) is 0 Å². The molecular formula is C15H20BrF3N2. The molecule has 1 saturated carbocycles. The predicted octanol–water partition coefficient (Wildman–Crippen LogP) is 4.48. The Balaban J connectivity index is 2.14. The zero-order valence-electron chi connectivity index (χ0n) is 12.2. The molecule has 0 radical (unpaired) electrons. The summed E-state index contributed by atoms with van der Waals surface area (Å²) in [6, 6.07) is 5.96. The molecule has 0 aliphatic heterocycles. The van der Waals surface area contributed by atoms with E-state index in [1.807, 2.05) is 12.1 Å². The van der Waals surface area contributed by atoms with Gasteiger partial charge in [-0.15, -0.1) is 0 Å². The zero-order chi connectivity index (χ0) is 15.6. The van der Waals surface area contributed by atoms with Crippen LogP contribution in [0.5, 0.6) is 0 Å². The molecule has 1 N–H and O–H groups in total. The van der Waals surface area contributed by atoms with Crippen molar-refractivity contribution in [2.24, 2.45) is 0 Å². The predicted molar refractivity (Wildman–Crippen MR) is 82.5 cm³/mol. The van der Waals surface area contributed by atoms with E-state index >= 15 is 0 Å². The topological polar surface area (TPSA) is 15.3 Å². The first kappa shape index (κ1) is 16.6. The van der Waals surface area contributed by atoms with Crippen molar-refractivity contribution in [2.45, 2.75) is 51.5 Å². The number of halogens is 4. The highest BCUT2D eigenvalue weighted by atomic mass is 79.9. The Morgan fingerprint density at radius 2 is 2.00 bits per heavy atom. The van der Waals surface area contributed by atoms with Gasteiger partial charge in [-0.25, -0.2) is 0 Å². The van der Waals surface area contributed by atoms with Gasteiger partial charge in [0.25, 0.3) is 0 Å². The van der Waals surface area contributed by atoms with Crippen LogP contribution in [-0.2, 0) is 6.54 Å². The molecule has 0 spiro atoms. The van der Waals surface area contributed by atoms with Gasteiger partial charge in [0, 0.05) is 23.1 Å². The number of alkyl halides is 3. The lowest BCUT2D eigenvalue weighted by Crippen LogP contribution is -2.36. The molecule has 118 valence electrons. The molecule has 0 unspecified atom stereocenters. The van der Waals surface area contributed by atoms with Gasteiger partial charge in [0.1, 0.15) is 6.54 Å². The van der Waals surface area contributed by atoms with E-state index in [0.717, 1.165) is 22.9 Å². The number of nitrogens with zero attached hydrogens (tertiary/aromatic N) is 1. The number of anilines is 1. The SMILES string of the molecule is CC(C)NCc1ccc(N(CC(F)(F)F)C2CC2)c(Br)c1. The molecule has 0 heterocycles. The highest BCUT2D eigenvalue weighted by Crippen LogP contribution is 2.38. The molecule has 0 bridgehead atoms. The molecule has 0 atom stereocenters. The van der Waals surface area contributed by atoms with E-state index in [1.54, 1.807) is 6.07 Å². The number of hydrogen-bond donors (Lipinski definition) is 1. The van der Waals surface area contributed by atoms with Crippen molar-refractivity contribution >= 4 is 21.6 Å². The average molecular weight is 365 g/mol. The van der Waals surface area contributed by atoms with Crippen LogP contribution in [-0.4, -0.2) is 24.8 Å². The molecule has 1 aromatic rings. The molecule has 2 rings (SSSR count). The monoisotopic (exact) mass is 364 g/mol. The minimum atomic E-state index is -4.18. The first-order chi connectivity index (χ1) is 9.76. The summed E-state index contributed by atoms with van der Waals surface area (Å²) in [5, 5.41) is 3.30. The fourth-order valence-electron chi connectivity index (χ4n) is 2.21. The standard InChI is InChI=1S/C15H20BrF3N2/c1-10(2)20-8-11-3-6-14(13(16)7-11)21(12-4-5-12)9-15(17,18)19/h3,6-7,10,12,20H,4-5,8-9H2,1-2H3. The van der Waals surface area contributed by atoms with Crippen molar-refractivity contribution < 1.29 is 13.2 Å². The molecule has 1 aromatic carbocycles. The highest BCUT2D eigenvalue weighted by molar-refractivity contribution is 9.10. The largest absolute Gasteiger partial charge is 0.405 e. The maximum atomic E-state index is 12.7. The normalized spacial score (nSPS) is 15.6. The van der Waals surface area contributed by atoms with E-state index in [2.05, 4.69) is 35.1 Å². The van der Waals surface area contributed by atoms with Crippen molar-refractivity contribution in [3.8, 4) is 0 Å². The summed E-state index contributed by atoms with van der Waals surface area (Å²) in [6.07, 6.45) is -2.52. The molecule has 21 heavy (non-hydrogen) atoms. The maximum Gasteiger partial charge on any atom is 0.405 e. The highest BCUT2D eigenvalue weighted by Gasteiger charge is 2.38. The van der Waals surface area contributed by atoms with Crippen LogP contribution >= 0.6 is 15.9 Å². The van der Waals surface area contributed by atoms with Crippen LogP contribution in [0.3, 0.4) is 0 Å². The molecule has 0 aromatic heterocycles. The van der Waals surface area contributed by atoms with Crippen LogP contribution in [0.25, 0.3) is 0 Å². The van der Waals surface area contributed by atoms with Gasteiger partial charge in [0.2, 0.25) is 0 Å². The van der Waals surface area contributed by atoms with Crippen LogP contribution in [0.1, 0.15) is 32.3 Å². The Morgan fingerprint density at radius 3 is 2.48 bits per heavy atom. The Morgan fingerprint density at radius 1 is 1.33 bits per heavy atom. The summed E-state index contributed by atoms with van der Waals surface area (Å²) in [4.78, 5) is 1.46.